The number of hydrogen-bond donors (Lipinski definition) is 1. The highest BCUT2D eigenvalue weighted by Crippen LogP contribution is 2.20. The van der Waals surface area contributed by atoms with Crippen LogP contribution in [-0.4, -0.2) is 68.2 Å². The summed E-state index contributed by atoms with van der Waals surface area (Å²) in [6, 6.07) is 13.9. The van der Waals surface area contributed by atoms with Crippen LogP contribution in [0.5, 0.6) is 5.75 Å². The van der Waals surface area contributed by atoms with Gasteiger partial charge in [-0.25, -0.2) is 8.42 Å². The average Bonchev–Trinajstić information content (AvgIpc) is 2.68. The quantitative estimate of drug-likeness (QED) is 0.739. The molecule has 0 bridgehead atoms. The van der Waals surface area contributed by atoms with E-state index in [0.29, 0.717) is 37.7 Å². The number of aliphatic hydroxyl groups is 1. The summed E-state index contributed by atoms with van der Waals surface area (Å²) in [4.78, 5) is 2.30. The molecule has 3 rings (SSSR count). The van der Waals surface area contributed by atoms with Crippen molar-refractivity contribution in [1.82, 2.24) is 9.21 Å². The van der Waals surface area contributed by atoms with Gasteiger partial charge in [0.25, 0.3) is 0 Å². The summed E-state index contributed by atoms with van der Waals surface area (Å²) in [7, 11) is -3.52. The molecule has 2 aromatic carbocycles. The lowest BCUT2D eigenvalue weighted by molar-refractivity contribution is 0.0567. The second-order valence-corrected chi connectivity index (χ2v) is 9.26. The second-order valence-electron chi connectivity index (χ2n) is 6.89. The van der Waals surface area contributed by atoms with Crippen molar-refractivity contribution in [1.29, 1.82) is 0 Å². The molecule has 0 amide bonds. The third-order valence-corrected chi connectivity index (χ3v) is 6.94. The van der Waals surface area contributed by atoms with E-state index in [1.54, 1.807) is 12.1 Å². The van der Waals surface area contributed by atoms with Gasteiger partial charge in [-0.3, -0.25) is 4.90 Å². The normalized spacial score (nSPS) is 17.4. The topological polar surface area (TPSA) is 70.1 Å². The summed E-state index contributed by atoms with van der Waals surface area (Å²) in [6.07, 6.45) is -0.640. The monoisotopic (exact) mass is 424 g/mol. The van der Waals surface area contributed by atoms with Crippen LogP contribution in [0.25, 0.3) is 0 Å². The molecule has 0 spiro atoms. The van der Waals surface area contributed by atoms with Gasteiger partial charge in [0, 0.05) is 37.7 Å². The highest BCUT2D eigenvalue weighted by Gasteiger charge is 2.29. The molecule has 0 radical (unpaired) electrons. The van der Waals surface area contributed by atoms with Crippen molar-refractivity contribution in [2.45, 2.75) is 17.9 Å². The smallest absolute Gasteiger partial charge is 0.243 e. The number of aryl methyl sites for hydroxylation is 1. The number of halogens is 1. The molecule has 1 aliphatic heterocycles. The first-order valence-corrected chi connectivity index (χ1v) is 11.0. The molecule has 1 fully saturated rings. The molecule has 6 nitrogen and oxygen atoms in total. The number of nitrogens with zero attached hydrogens (tertiary/aromatic N) is 2. The lowest BCUT2D eigenvalue weighted by Crippen LogP contribution is -2.50. The molecule has 1 unspecified atom stereocenters. The zero-order valence-electron chi connectivity index (χ0n) is 15.8. The number of para-hydroxylation sites is 1. The van der Waals surface area contributed by atoms with Crippen LogP contribution in [0.3, 0.4) is 0 Å². The van der Waals surface area contributed by atoms with Gasteiger partial charge in [-0.15, -0.1) is 0 Å². The number of β-amino-alcohol motifs (C(OH)–C–C–N with tert-alkyl or cyclic N) is 1. The first-order chi connectivity index (χ1) is 13.4. The molecule has 1 atom stereocenters. The van der Waals surface area contributed by atoms with E-state index in [0.717, 1.165) is 11.3 Å². The largest absolute Gasteiger partial charge is 0.491 e. The standard InChI is InChI=1S/C20H25ClN2O4S/c1-16-4-2-3-5-20(16)27-15-18(24)14-22-10-12-23(13-11-22)28(25,26)19-8-6-17(21)7-9-19/h2-9,18,24H,10-15H2,1H3. The van der Waals surface area contributed by atoms with Gasteiger partial charge in [0.05, 0.1) is 4.90 Å². The summed E-state index contributed by atoms with van der Waals surface area (Å²) in [5, 5.41) is 10.8. The first-order valence-electron chi connectivity index (χ1n) is 9.21. The molecular formula is C20H25ClN2O4S. The minimum Gasteiger partial charge on any atom is -0.491 e. The fourth-order valence-corrected chi connectivity index (χ4v) is 4.71. The Morgan fingerprint density at radius 1 is 1.07 bits per heavy atom. The predicted molar refractivity (Wildman–Crippen MR) is 109 cm³/mol. The fourth-order valence-electron chi connectivity index (χ4n) is 3.16. The van der Waals surface area contributed by atoms with E-state index in [1.165, 1.54) is 16.4 Å². The number of ether oxygens (including phenoxy) is 1. The van der Waals surface area contributed by atoms with Gasteiger partial charge < -0.3 is 9.84 Å². The zero-order valence-corrected chi connectivity index (χ0v) is 17.4. The van der Waals surface area contributed by atoms with Gasteiger partial charge in [0.1, 0.15) is 18.5 Å². The van der Waals surface area contributed by atoms with Gasteiger partial charge in [-0.1, -0.05) is 29.8 Å². The van der Waals surface area contributed by atoms with Crippen LogP contribution in [0.15, 0.2) is 53.4 Å². The minimum absolute atomic E-state index is 0.203. The molecule has 8 heteroatoms. The summed E-state index contributed by atoms with van der Waals surface area (Å²) >= 11 is 5.84. The van der Waals surface area contributed by atoms with Crippen molar-refractivity contribution in [3.8, 4) is 5.75 Å². The Kier molecular flexibility index (Phi) is 6.95. The lowest BCUT2D eigenvalue weighted by Gasteiger charge is -2.34. The van der Waals surface area contributed by atoms with Gasteiger partial charge in [-0.05, 0) is 42.8 Å². The van der Waals surface area contributed by atoms with Crippen molar-refractivity contribution in [3.63, 3.8) is 0 Å². The Balaban J connectivity index is 1.48. The highest BCUT2D eigenvalue weighted by atomic mass is 35.5. The first kappa shape index (κ1) is 21.1. The number of piperazine rings is 1. The molecule has 152 valence electrons. The molecule has 1 heterocycles. The molecule has 28 heavy (non-hydrogen) atoms. The maximum atomic E-state index is 12.7. The Labute approximate surface area is 171 Å². The zero-order chi connectivity index (χ0) is 20.1. The number of hydrogen-bond acceptors (Lipinski definition) is 5. The van der Waals surface area contributed by atoms with Gasteiger partial charge in [0.15, 0.2) is 0 Å². The number of sulfonamides is 1. The maximum absolute atomic E-state index is 12.7. The highest BCUT2D eigenvalue weighted by molar-refractivity contribution is 7.89. The van der Waals surface area contributed by atoms with Crippen LogP contribution in [0.1, 0.15) is 5.56 Å². The summed E-state index contributed by atoms with van der Waals surface area (Å²) in [6.45, 7) is 4.51. The van der Waals surface area contributed by atoms with E-state index in [-0.39, 0.29) is 11.5 Å². The molecule has 0 aromatic heterocycles. The predicted octanol–water partition coefficient (Wildman–Crippen LogP) is 2.39. The molecule has 1 saturated heterocycles. The molecule has 1 N–H and O–H groups in total. The van der Waals surface area contributed by atoms with E-state index >= 15 is 0 Å². The van der Waals surface area contributed by atoms with Crippen LogP contribution in [-0.2, 0) is 10.0 Å². The van der Waals surface area contributed by atoms with E-state index in [9.17, 15) is 13.5 Å². The third-order valence-electron chi connectivity index (χ3n) is 4.78. The van der Waals surface area contributed by atoms with Crippen molar-refractivity contribution in [2.75, 3.05) is 39.3 Å². The molecule has 0 saturated carbocycles. The second kappa shape index (κ2) is 9.24. The number of aliphatic hydroxyl groups excluding tert-OH is 1. The van der Waals surface area contributed by atoms with Gasteiger partial charge in [0.2, 0.25) is 10.0 Å². The minimum atomic E-state index is -3.52. The molecule has 1 aliphatic rings. The van der Waals surface area contributed by atoms with E-state index in [1.807, 2.05) is 31.2 Å². The Hall–Kier alpha value is -1.64. The van der Waals surface area contributed by atoms with Crippen molar-refractivity contribution < 1.29 is 18.3 Å². The van der Waals surface area contributed by atoms with Crippen molar-refractivity contribution >= 4 is 21.6 Å². The molecular weight excluding hydrogens is 400 g/mol. The van der Waals surface area contributed by atoms with Crippen LogP contribution in [0.4, 0.5) is 0 Å². The van der Waals surface area contributed by atoms with E-state index < -0.39 is 16.1 Å². The summed E-state index contributed by atoms with van der Waals surface area (Å²) in [5.74, 6) is 0.764. The summed E-state index contributed by atoms with van der Waals surface area (Å²) < 4.78 is 32.6. The Morgan fingerprint density at radius 2 is 1.71 bits per heavy atom. The molecule has 2 aromatic rings. The SMILES string of the molecule is Cc1ccccc1OCC(O)CN1CCN(S(=O)(=O)c2ccc(Cl)cc2)CC1. The van der Waals surface area contributed by atoms with Crippen LogP contribution < -0.4 is 4.74 Å². The van der Waals surface area contributed by atoms with Crippen LogP contribution >= 0.6 is 11.6 Å². The summed E-state index contributed by atoms with van der Waals surface area (Å²) in [5.41, 5.74) is 1.02. The maximum Gasteiger partial charge on any atom is 0.243 e. The number of rotatable bonds is 7. The number of benzene rings is 2. The van der Waals surface area contributed by atoms with E-state index in [2.05, 4.69) is 4.90 Å². The Morgan fingerprint density at radius 3 is 2.36 bits per heavy atom. The average molecular weight is 425 g/mol. The Bertz CT molecular complexity index is 881. The van der Waals surface area contributed by atoms with Crippen molar-refractivity contribution in [2.24, 2.45) is 0 Å². The molecule has 0 aliphatic carbocycles. The van der Waals surface area contributed by atoms with Gasteiger partial charge >= 0.3 is 0 Å². The van der Waals surface area contributed by atoms with Crippen LogP contribution in [0, 0.1) is 6.92 Å². The van der Waals surface area contributed by atoms with Gasteiger partial charge in [-0.2, -0.15) is 4.31 Å². The fraction of sp³-hybridized carbons (Fsp3) is 0.400. The lowest BCUT2D eigenvalue weighted by atomic mass is 10.2. The van der Waals surface area contributed by atoms with Crippen LogP contribution in [0.2, 0.25) is 5.02 Å². The van der Waals surface area contributed by atoms with Crippen molar-refractivity contribution in [3.05, 3.63) is 59.1 Å². The third kappa shape index (κ3) is 5.24. The van der Waals surface area contributed by atoms with E-state index in [4.69, 9.17) is 16.3 Å².